The Hall–Kier alpha value is -5.80. The number of anilines is 3. The summed E-state index contributed by atoms with van der Waals surface area (Å²) in [4.78, 5) is 1.82. The molecule has 7 aromatic carbocycles. The minimum atomic E-state index is -0.148. The number of fused-ring (bicyclic) bond motifs is 8. The van der Waals surface area contributed by atoms with Crippen molar-refractivity contribution in [1.82, 2.24) is 0 Å². The Balaban J connectivity index is 1.34. The number of furan rings is 2. The van der Waals surface area contributed by atoms with Crippen LogP contribution in [-0.2, 0) is 0 Å². The van der Waals surface area contributed by atoms with Crippen molar-refractivity contribution in [3.8, 4) is 11.1 Å². The van der Waals surface area contributed by atoms with Crippen LogP contribution in [0.15, 0.2) is 160 Å². The fourth-order valence-electron chi connectivity index (χ4n) is 6.22. The summed E-state index contributed by atoms with van der Waals surface area (Å²) in [6.07, 6.45) is 0. The van der Waals surface area contributed by atoms with Crippen molar-refractivity contribution in [3.63, 3.8) is 0 Å². The Bertz CT molecular complexity index is 2670. The van der Waals surface area contributed by atoms with Crippen LogP contribution in [0.25, 0.3) is 65.8 Å². The number of para-hydroxylation sites is 2. The van der Waals surface area contributed by atoms with Crippen molar-refractivity contribution in [2.75, 3.05) is 4.90 Å². The fourth-order valence-corrected chi connectivity index (χ4v) is 6.22. The molecule has 0 fully saturated rings. The molecule has 9 rings (SSSR count). The molecule has 2 aromatic heterocycles. The highest BCUT2D eigenvalue weighted by molar-refractivity contribution is 6.19. The van der Waals surface area contributed by atoms with Gasteiger partial charge in [-0.05, 0) is 71.1 Å². The highest BCUT2D eigenvalue weighted by atomic mass is 16.3. The van der Waals surface area contributed by atoms with E-state index in [2.05, 4.69) is 12.1 Å². The van der Waals surface area contributed by atoms with E-state index in [1.54, 1.807) is 0 Å². The molecule has 0 aliphatic heterocycles. The van der Waals surface area contributed by atoms with Gasteiger partial charge in [-0.15, -0.1) is 0 Å². The largest absolute Gasteiger partial charge is 0.456 e. The van der Waals surface area contributed by atoms with Crippen LogP contribution in [0.4, 0.5) is 17.1 Å². The summed E-state index contributed by atoms with van der Waals surface area (Å²) in [7, 11) is 0. The van der Waals surface area contributed by atoms with Crippen molar-refractivity contribution >= 4 is 71.7 Å². The van der Waals surface area contributed by atoms with Crippen LogP contribution >= 0.6 is 0 Å². The zero-order valence-corrected chi connectivity index (χ0v) is 22.9. The molecule has 0 aliphatic rings. The Morgan fingerprint density at radius 1 is 0.465 bits per heavy atom. The molecule has 2 heterocycles. The van der Waals surface area contributed by atoms with E-state index in [4.69, 9.17) is 8.83 Å². The van der Waals surface area contributed by atoms with Crippen LogP contribution in [0.2, 0.25) is 0 Å². The van der Waals surface area contributed by atoms with Gasteiger partial charge in [0.25, 0.3) is 0 Å². The van der Waals surface area contributed by atoms with Crippen LogP contribution in [0.3, 0.4) is 0 Å². The van der Waals surface area contributed by atoms with E-state index in [-0.39, 0.29) is 35.4 Å². The van der Waals surface area contributed by atoms with E-state index in [0.717, 1.165) is 37.9 Å². The highest BCUT2D eigenvalue weighted by Crippen LogP contribution is 2.45. The molecule has 43 heavy (non-hydrogen) atoms. The van der Waals surface area contributed by atoms with Crippen molar-refractivity contribution in [2.45, 2.75) is 0 Å². The Kier molecular flexibility index (Phi) is 4.39. The molecule has 0 radical (unpaired) electrons. The lowest BCUT2D eigenvalue weighted by molar-refractivity contribution is 0.669. The second kappa shape index (κ2) is 9.37. The van der Waals surface area contributed by atoms with Gasteiger partial charge < -0.3 is 13.7 Å². The minimum absolute atomic E-state index is 0.130. The first-order valence-corrected chi connectivity index (χ1v) is 14.2. The molecule has 0 saturated carbocycles. The maximum absolute atomic E-state index is 9.45. The van der Waals surface area contributed by atoms with E-state index in [9.17, 15) is 5.48 Å². The number of rotatable bonds is 4. The van der Waals surface area contributed by atoms with E-state index in [1.807, 2.05) is 120 Å². The van der Waals surface area contributed by atoms with Crippen molar-refractivity contribution < 1.29 is 14.3 Å². The van der Waals surface area contributed by atoms with Gasteiger partial charge in [-0.3, -0.25) is 0 Å². The van der Waals surface area contributed by atoms with Gasteiger partial charge in [0, 0.05) is 32.9 Å². The fraction of sp³-hybridized carbons (Fsp3) is 0. The molecule has 0 saturated heterocycles. The Morgan fingerprint density at radius 3 is 2.02 bits per heavy atom. The number of nitrogens with zero attached hydrogens (tertiary/aromatic N) is 1. The normalized spacial score (nSPS) is 13.0. The molecule has 9 aromatic rings. The summed E-state index contributed by atoms with van der Waals surface area (Å²) in [5, 5.41) is 5.41. The lowest BCUT2D eigenvalue weighted by Crippen LogP contribution is -2.10. The summed E-state index contributed by atoms with van der Waals surface area (Å²) < 4.78 is 50.2. The van der Waals surface area contributed by atoms with Gasteiger partial charge in [0.05, 0.1) is 16.6 Å². The van der Waals surface area contributed by atoms with Crippen molar-refractivity contribution in [3.05, 3.63) is 152 Å². The molecule has 0 aliphatic carbocycles. The van der Waals surface area contributed by atoms with Gasteiger partial charge in [-0.25, -0.2) is 0 Å². The summed E-state index contributed by atoms with van der Waals surface area (Å²) in [6, 6.07) is 40.1. The molecule has 0 unspecified atom stereocenters. The summed E-state index contributed by atoms with van der Waals surface area (Å²) in [5.41, 5.74) is 5.12. The lowest BCUT2D eigenvalue weighted by atomic mass is 9.99. The van der Waals surface area contributed by atoms with Gasteiger partial charge in [-0.1, -0.05) is 97.0 Å². The van der Waals surface area contributed by atoms with Crippen LogP contribution in [0.1, 0.15) is 5.48 Å². The van der Waals surface area contributed by atoms with E-state index in [0.29, 0.717) is 33.7 Å². The first-order chi connectivity index (χ1) is 23.0. The Labute approximate surface area is 253 Å². The van der Waals surface area contributed by atoms with Gasteiger partial charge in [-0.2, -0.15) is 0 Å². The van der Waals surface area contributed by atoms with Crippen LogP contribution < -0.4 is 4.90 Å². The molecule has 0 spiro atoms. The third-order valence-corrected chi connectivity index (χ3v) is 8.13. The summed E-state index contributed by atoms with van der Waals surface area (Å²) in [5.74, 6) is 0. The zero-order chi connectivity index (χ0) is 31.8. The molecule has 0 amide bonds. The standard InChI is InChI=1S/C40H25NO2/c1-2-11-28(12-3-1)41(34-16-9-19-37-39(34)33-25-22-26-10-4-5-13-31(26)40(33)43-37)29-23-20-27(21-24-29)30-15-8-18-36-38(30)32-14-6-7-17-35(32)42-36/h1-25H/i20D,21D,23D,24D. The number of hydrogen-bond donors (Lipinski definition) is 0. The first kappa shape index (κ1) is 20.1. The molecule has 0 bridgehead atoms. The molecule has 0 N–H and O–H groups in total. The quantitative estimate of drug-likeness (QED) is 0.216. The lowest BCUT2D eigenvalue weighted by Gasteiger charge is -2.26. The minimum Gasteiger partial charge on any atom is -0.456 e. The van der Waals surface area contributed by atoms with E-state index in [1.165, 1.54) is 0 Å². The smallest absolute Gasteiger partial charge is 0.143 e. The monoisotopic (exact) mass is 555 g/mol. The van der Waals surface area contributed by atoms with Crippen LogP contribution in [0.5, 0.6) is 0 Å². The number of benzene rings is 7. The zero-order valence-electron chi connectivity index (χ0n) is 26.9. The second-order valence-electron chi connectivity index (χ2n) is 10.6. The average molecular weight is 556 g/mol. The van der Waals surface area contributed by atoms with Gasteiger partial charge in [0.15, 0.2) is 0 Å². The molecule has 0 atom stereocenters. The predicted octanol–water partition coefficient (Wildman–Crippen LogP) is 11.8. The molecular weight excluding hydrogens is 526 g/mol. The molecule has 202 valence electrons. The highest BCUT2D eigenvalue weighted by Gasteiger charge is 2.20. The maximum atomic E-state index is 9.45. The third kappa shape index (κ3) is 3.68. The second-order valence-corrected chi connectivity index (χ2v) is 10.6. The average Bonchev–Trinajstić information content (AvgIpc) is 3.69. The summed E-state index contributed by atoms with van der Waals surface area (Å²) >= 11 is 0. The number of hydrogen-bond acceptors (Lipinski definition) is 3. The van der Waals surface area contributed by atoms with Crippen molar-refractivity contribution in [1.29, 1.82) is 0 Å². The van der Waals surface area contributed by atoms with Crippen LogP contribution in [0, 0.1) is 0 Å². The van der Waals surface area contributed by atoms with Gasteiger partial charge in [0.1, 0.15) is 22.3 Å². The van der Waals surface area contributed by atoms with Gasteiger partial charge >= 0.3 is 0 Å². The molecule has 3 nitrogen and oxygen atoms in total. The topological polar surface area (TPSA) is 29.5 Å². The SMILES string of the molecule is [2H]c1c([2H])c(N(c2ccccc2)c2cccc3oc4c5ccccc5ccc4c23)c([2H])c([2H])c1-c1cccc2oc3ccccc3c12. The Morgan fingerprint density at radius 2 is 1.16 bits per heavy atom. The van der Waals surface area contributed by atoms with Crippen LogP contribution in [-0.4, -0.2) is 0 Å². The summed E-state index contributed by atoms with van der Waals surface area (Å²) in [6.45, 7) is 0. The predicted molar refractivity (Wildman–Crippen MR) is 179 cm³/mol. The van der Waals surface area contributed by atoms with Gasteiger partial charge in [0.2, 0.25) is 0 Å². The van der Waals surface area contributed by atoms with E-state index < -0.39 is 0 Å². The van der Waals surface area contributed by atoms with Crippen molar-refractivity contribution in [2.24, 2.45) is 0 Å². The maximum Gasteiger partial charge on any atom is 0.143 e. The van der Waals surface area contributed by atoms with E-state index >= 15 is 0 Å². The molecule has 3 heteroatoms. The third-order valence-electron chi connectivity index (χ3n) is 8.13. The molecular formula is C40H25NO2. The first-order valence-electron chi connectivity index (χ1n) is 16.2.